The van der Waals surface area contributed by atoms with E-state index in [4.69, 9.17) is 33.0 Å². The Kier molecular flexibility index (Phi) is 6.69. The first-order valence-corrected chi connectivity index (χ1v) is 12.0. The number of hydrogen-bond acceptors (Lipinski definition) is 6. The van der Waals surface area contributed by atoms with E-state index < -0.39 is 11.9 Å². The molecule has 1 fully saturated rings. The third kappa shape index (κ3) is 4.74. The molecular weight excluding hydrogens is 492 g/mol. The summed E-state index contributed by atoms with van der Waals surface area (Å²) in [6.45, 7) is 3.51. The highest BCUT2D eigenvalue weighted by molar-refractivity contribution is 6.36. The van der Waals surface area contributed by atoms with Crippen LogP contribution in [-0.4, -0.2) is 38.6 Å². The number of carbonyl (C=O) groups excluding carboxylic acids is 1. The predicted octanol–water partition coefficient (Wildman–Crippen LogP) is 5.31. The molecule has 2 unspecified atom stereocenters. The fourth-order valence-electron chi connectivity index (χ4n) is 4.36. The van der Waals surface area contributed by atoms with E-state index in [9.17, 15) is 9.18 Å². The number of carbonyl (C=O) groups is 1. The summed E-state index contributed by atoms with van der Waals surface area (Å²) < 4.78 is 15.5. The van der Waals surface area contributed by atoms with Crippen LogP contribution >= 0.6 is 23.2 Å². The molecule has 4 aromatic rings. The van der Waals surface area contributed by atoms with Crippen molar-refractivity contribution in [3.8, 4) is 11.3 Å². The molecule has 0 aliphatic carbocycles. The summed E-state index contributed by atoms with van der Waals surface area (Å²) in [7, 11) is 0. The van der Waals surface area contributed by atoms with Crippen molar-refractivity contribution >= 4 is 40.0 Å². The van der Waals surface area contributed by atoms with Crippen molar-refractivity contribution in [2.75, 3.05) is 13.1 Å². The number of nitrogens with one attached hydrogen (secondary N) is 1. The minimum Gasteiger partial charge on any atom is -0.406 e. The lowest BCUT2D eigenvalue weighted by atomic mass is 9.97. The van der Waals surface area contributed by atoms with E-state index in [1.807, 2.05) is 6.07 Å². The van der Waals surface area contributed by atoms with Gasteiger partial charge in [-0.3, -0.25) is 4.79 Å². The number of rotatable bonds is 7. The SMILES string of the molecule is CC(On1ccc2nc(-c3cncnc3C(=O)CC3CCNC3)ccc21)c1c(Cl)ccc(F)c1Cl. The van der Waals surface area contributed by atoms with Gasteiger partial charge in [0.1, 0.15) is 23.4 Å². The number of nitrogens with zero attached hydrogens (tertiary/aromatic N) is 4. The summed E-state index contributed by atoms with van der Waals surface area (Å²) in [6, 6.07) is 8.08. The lowest BCUT2D eigenvalue weighted by molar-refractivity contribution is 0.0562. The number of hydrogen-bond donors (Lipinski definition) is 1. The van der Waals surface area contributed by atoms with Gasteiger partial charge >= 0.3 is 0 Å². The number of halogens is 3. The Morgan fingerprint density at radius 3 is 2.94 bits per heavy atom. The first-order valence-electron chi connectivity index (χ1n) is 11.3. The normalized spacial score (nSPS) is 16.5. The van der Waals surface area contributed by atoms with Crippen LogP contribution in [0.5, 0.6) is 0 Å². The molecule has 10 heteroatoms. The number of fused-ring (bicyclic) bond motifs is 1. The Bertz CT molecular complexity index is 1400. The molecule has 0 amide bonds. The fraction of sp³-hybridized carbons (Fsp3) is 0.280. The van der Waals surface area contributed by atoms with Crippen molar-refractivity contribution in [1.29, 1.82) is 0 Å². The largest absolute Gasteiger partial charge is 0.406 e. The van der Waals surface area contributed by atoms with Gasteiger partial charge < -0.3 is 10.2 Å². The minimum atomic E-state index is -0.627. The van der Waals surface area contributed by atoms with Crippen LogP contribution in [-0.2, 0) is 0 Å². The quantitative estimate of drug-likeness (QED) is 0.266. The molecule has 180 valence electrons. The highest BCUT2D eigenvalue weighted by Gasteiger charge is 2.23. The Morgan fingerprint density at radius 1 is 1.29 bits per heavy atom. The third-order valence-corrected chi connectivity index (χ3v) is 6.87. The maximum atomic E-state index is 14.0. The van der Waals surface area contributed by atoms with Gasteiger partial charge in [-0.2, -0.15) is 4.73 Å². The van der Waals surface area contributed by atoms with Crippen molar-refractivity contribution in [2.45, 2.75) is 25.9 Å². The zero-order valence-corrected chi connectivity index (χ0v) is 20.4. The van der Waals surface area contributed by atoms with Crippen LogP contribution in [0, 0.1) is 11.7 Å². The van der Waals surface area contributed by atoms with Crippen LogP contribution in [0.4, 0.5) is 4.39 Å². The highest BCUT2D eigenvalue weighted by Crippen LogP contribution is 2.33. The topological polar surface area (TPSA) is 81.9 Å². The summed E-state index contributed by atoms with van der Waals surface area (Å²) in [6.07, 6.45) is 5.50. The number of ketones is 1. The summed E-state index contributed by atoms with van der Waals surface area (Å²) in [5.74, 6) is -0.268. The van der Waals surface area contributed by atoms with Crippen LogP contribution in [0.3, 0.4) is 0 Å². The van der Waals surface area contributed by atoms with Gasteiger partial charge in [-0.1, -0.05) is 23.2 Å². The maximum Gasteiger partial charge on any atom is 0.182 e. The summed E-state index contributed by atoms with van der Waals surface area (Å²) in [4.78, 5) is 32.1. The average molecular weight is 514 g/mol. The molecular formula is C25H22Cl2FN5O2. The molecule has 35 heavy (non-hydrogen) atoms. The van der Waals surface area contributed by atoms with Gasteiger partial charge in [0.05, 0.1) is 16.2 Å². The molecule has 1 aliphatic heterocycles. The van der Waals surface area contributed by atoms with E-state index in [-0.39, 0.29) is 10.8 Å². The lowest BCUT2D eigenvalue weighted by Crippen LogP contribution is -2.16. The number of Topliss-reactive ketones (excluding diaryl/α,β-unsaturated/α-hetero) is 1. The average Bonchev–Trinajstić information content (AvgIpc) is 3.51. The standard InChI is InChI=1S/C25H22Cl2FN5O2/c1-14(23-17(26)2-3-18(28)24(23)27)35-33-9-7-20-21(33)5-4-19(32-20)16-12-30-13-31-25(16)22(34)10-15-6-8-29-11-15/h2-5,7,9,12-15,29H,6,8,10-11H2,1H3. The second-order valence-corrected chi connectivity index (χ2v) is 9.30. The minimum absolute atomic E-state index is 0.0171. The maximum absolute atomic E-state index is 14.0. The van der Waals surface area contributed by atoms with Gasteiger partial charge in [0.2, 0.25) is 0 Å². The van der Waals surface area contributed by atoms with E-state index in [1.165, 1.54) is 23.2 Å². The van der Waals surface area contributed by atoms with E-state index in [0.29, 0.717) is 50.9 Å². The molecule has 0 bridgehead atoms. The van der Waals surface area contributed by atoms with Gasteiger partial charge in [0.15, 0.2) is 11.9 Å². The van der Waals surface area contributed by atoms with Crippen molar-refractivity contribution in [3.63, 3.8) is 0 Å². The van der Waals surface area contributed by atoms with Crippen LogP contribution in [0.15, 0.2) is 49.1 Å². The number of benzene rings is 1. The second-order valence-electron chi connectivity index (χ2n) is 8.52. The van der Waals surface area contributed by atoms with Crippen molar-refractivity contribution in [2.24, 2.45) is 5.92 Å². The number of aromatic nitrogens is 4. The first-order chi connectivity index (χ1) is 16.9. The molecule has 5 rings (SSSR count). The molecule has 1 saturated heterocycles. The van der Waals surface area contributed by atoms with Gasteiger partial charge in [0, 0.05) is 35.0 Å². The van der Waals surface area contributed by atoms with Gasteiger partial charge in [-0.05, 0) is 62.7 Å². The molecule has 2 atom stereocenters. The van der Waals surface area contributed by atoms with Gasteiger partial charge in [0.25, 0.3) is 0 Å². The summed E-state index contributed by atoms with van der Waals surface area (Å²) >= 11 is 12.4. The van der Waals surface area contributed by atoms with E-state index >= 15 is 0 Å². The van der Waals surface area contributed by atoms with Crippen LogP contribution in [0.1, 0.15) is 41.9 Å². The second kappa shape index (κ2) is 9.89. The third-order valence-electron chi connectivity index (χ3n) is 6.15. The Labute approximate surface area is 211 Å². The monoisotopic (exact) mass is 513 g/mol. The van der Waals surface area contributed by atoms with Crippen molar-refractivity contribution in [1.82, 2.24) is 25.0 Å². The summed E-state index contributed by atoms with van der Waals surface area (Å²) in [5, 5.41) is 3.53. The zero-order valence-electron chi connectivity index (χ0n) is 18.8. The molecule has 1 aromatic carbocycles. The zero-order chi connectivity index (χ0) is 24.5. The Morgan fingerprint density at radius 2 is 2.14 bits per heavy atom. The molecule has 3 aromatic heterocycles. The van der Waals surface area contributed by atoms with Crippen LogP contribution < -0.4 is 10.2 Å². The van der Waals surface area contributed by atoms with Crippen molar-refractivity contribution in [3.05, 3.63) is 76.2 Å². The molecule has 1 aliphatic rings. The van der Waals surface area contributed by atoms with E-state index in [2.05, 4.69) is 15.3 Å². The van der Waals surface area contributed by atoms with Gasteiger partial charge in [-0.25, -0.2) is 19.3 Å². The highest BCUT2D eigenvalue weighted by atomic mass is 35.5. The molecule has 1 N–H and O–H groups in total. The first kappa shape index (κ1) is 23.7. The lowest BCUT2D eigenvalue weighted by Gasteiger charge is -2.18. The number of pyridine rings is 1. The summed E-state index contributed by atoms with van der Waals surface area (Å²) in [5.41, 5.74) is 3.25. The van der Waals surface area contributed by atoms with Gasteiger partial charge in [-0.15, -0.1) is 0 Å². The Balaban J connectivity index is 1.42. The Hall–Kier alpha value is -3.07. The molecule has 0 saturated carbocycles. The van der Waals surface area contributed by atoms with E-state index in [0.717, 1.165) is 19.5 Å². The smallest absolute Gasteiger partial charge is 0.182 e. The predicted molar refractivity (Wildman–Crippen MR) is 132 cm³/mol. The molecule has 0 spiro atoms. The van der Waals surface area contributed by atoms with Crippen LogP contribution in [0.25, 0.3) is 22.3 Å². The van der Waals surface area contributed by atoms with E-state index in [1.54, 1.807) is 31.5 Å². The fourth-order valence-corrected chi connectivity index (χ4v) is 5.04. The van der Waals surface area contributed by atoms with Crippen molar-refractivity contribution < 1.29 is 14.0 Å². The van der Waals surface area contributed by atoms with Crippen LogP contribution in [0.2, 0.25) is 10.0 Å². The molecule has 0 radical (unpaired) electrons. The molecule has 4 heterocycles. The molecule has 7 nitrogen and oxygen atoms in total.